The van der Waals surface area contributed by atoms with Gasteiger partial charge in [-0.3, -0.25) is 0 Å². The molecule has 0 heterocycles. The molecule has 0 aliphatic carbocycles. The monoisotopic (exact) mass is 355 g/mol. The third kappa shape index (κ3) is 5.20. The molecular formula is C19H14ClNO4. The Morgan fingerprint density at radius 3 is 2.52 bits per heavy atom. The minimum absolute atomic E-state index is 0.106. The number of ether oxygens (including phenoxy) is 2. The third-order valence-electron chi connectivity index (χ3n) is 3.08. The summed E-state index contributed by atoms with van der Waals surface area (Å²) in [4.78, 5) is 23.6. The van der Waals surface area contributed by atoms with Crippen LogP contribution in [0, 0.1) is 11.3 Å². The smallest absolute Gasteiger partial charge is 0.348 e. The van der Waals surface area contributed by atoms with E-state index in [0.29, 0.717) is 21.9 Å². The minimum atomic E-state index is -0.679. The van der Waals surface area contributed by atoms with Gasteiger partial charge in [0.25, 0.3) is 0 Å². The van der Waals surface area contributed by atoms with Crippen LogP contribution in [0.4, 0.5) is 0 Å². The van der Waals surface area contributed by atoms with Crippen molar-refractivity contribution in [3.05, 3.63) is 70.3 Å². The Hall–Kier alpha value is -3.10. The molecule has 0 amide bonds. The number of nitriles is 1. The Morgan fingerprint density at radius 1 is 1.20 bits per heavy atom. The lowest BCUT2D eigenvalue weighted by Gasteiger charge is -2.05. The first-order chi connectivity index (χ1) is 12.0. The van der Waals surface area contributed by atoms with Crippen LogP contribution in [0.3, 0.4) is 0 Å². The molecule has 25 heavy (non-hydrogen) atoms. The van der Waals surface area contributed by atoms with Crippen molar-refractivity contribution in [2.24, 2.45) is 0 Å². The standard InChI is InChI=1S/C19H14ClNO4/c1-2-24-18(22)15(12-21)10-13-6-8-17(9-7-13)25-19(23)14-4-3-5-16(20)11-14/h3-11H,2H2,1H3/b15-10+. The highest BCUT2D eigenvalue weighted by Crippen LogP contribution is 2.18. The maximum absolute atomic E-state index is 12.0. The molecule has 2 rings (SSSR count). The predicted octanol–water partition coefficient (Wildman–Crippen LogP) is 4.03. The van der Waals surface area contributed by atoms with Gasteiger partial charge in [-0.15, -0.1) is 0 Å². The van der Waals surface area contributed by atoms with Crippen molar-refractivity contribution in [2.75, 3.05) is 6.61 Å². The lowest BCUT2D eigenvalue weighted by atomic mass is 10.1. The molecule has 126 valence electrons. The molecule has 0 N–H and O–H groups in total. The van der Waals surface area contributed by atoms with E-state index in [4.69, 9.17) is 26.3 Å². The molecule has 0 fully saturated rings. The number of carbonyl (C=O) groups excluding carboxylic acids is 2. The Morgan fingerprint density at radius 2 is 1.92 bits per heavy atom. The second-order valence-electron chi connectivity index (χ2n) is 4.86. The fourth-order valence-corrected chi connectivity index (χ4v) is 2.12. The largest absolute Gasteiger partial charge is 0.462 e. The Bertz CT molecular complexity index is 850. The molecule has 0 radical (unpaired) electrons. The predicted molar refractivity (Wildman–Crippen MR) is 93.1 cm³/mol. The highest BCUT2D eigenvalue weighted by Gasteiger charge is 2.11. The summed E-state index contributed by atoms with van der Waals surface area (Å²) in [6.45, 7) is 1.85. The van der Waals surface area contributed by atoms with E-state index in [-0.39, 0.29) is 12.2 Å². The number of hydrogen-bond acceptors (Lipinski definition) is 5. The Balaban J connectivity index is 2.10. The van der Waals surface area contributed by atoms with Crippen LogP contribution in [0.25, 0.3) is 6.08 Å². The average Bonchev–Trinajstić information content (AvgIpc) is 2.61. The van der Waals surface area contributed by atoms with Gasteiger partial charge in [0.05, 0.1) is 12.2 Å². The molecule has 0 saturated carbocycles. The van der Waals surface area contributed by atoms with Crippen LogP contribution in [0.5, 0.6) is 5.75 Å². The summed E-state index contributed by atoms with van der Waals surface area (Å²) >= 11 is 5.84. The van der Waals surface area contributed by atoms with Crippen LogP contribution in [-0.2, 0) is 9.53 Å². The first-order valence-corrected chi connectivity index (χ1v) is 7.78. The van der Waals surface area contributed by atoms with Crippen LogP contribution >= 0.6 is 11.6 Å². The van der Waals surface area contributed by atoms with Crippen LogP contribution in [0.15, 0.2) is 54.1 Å². The molecular weight excluding hydrogens is 342 g/mol. The zero-order valence-electron chi connectivity index (χ0n) is 13.4. The van der Waals surface area contributed by atoms with E-state index >= 15 is 0 Å². The van der Waals surface area contributed by atoms with Gasteiger partial charge >= 0.3 is 11.9 Å². The molecule has 0 unspecified atom stereocenters. The highest BCUT2D eigenvalue weighted by molar-refractivity contribution is 6.30. The number of nitrogens with zero attached hydrogens (tertiary/aromatic N) is 1. The van der Waals surface area contributed by atoms with Gasteiger partial charge in [-0.25, -0.2) is 9.59 Å². The molecule has 6 heteroatoms. The molecule has 0 aliphatic rings. The first kappa shape index (κ1) is 18.2. The maximum Gasteiger partial charge on any atom is 0.348 e. The summed E-state index contributed by atoms with van der Waals surface area (Å²) in [6, 6.07) is 14.6. The molecule has 0 spiro atoms. The van der Waals surface area contributed by atoms with E-state index in [1.807, 2.05) is 0 Å². The lowest BCUT2D eigenvalue weighted by molar-refractivity contribution is -0.137. The van der Waals surface area contributed by atoms with E-state index in [2.05, 4.69) is 0 Å². The summed E-state index contributed by atoms with van der Waals surface area (Å²) in [5.74, 6) is -0.881. The molecule has 2 aromatic rings. The zero-order valence-corrected chi connectivity index (χ0v) is 14.1. The van der Waals surface area contributed by atoms with Crippen molar-refractivity contribution in [2.45, 2.75) is 6.92 Å². The lowest BCUT2D eigenvalue weighted by Crippen LogP contribution is -2.08. The van der Waals surface area contributed by atoms with Crippen molar-refractivity contribution in [3.63, 3.8) is 0 Å². The van der Waals surface area contributed by atoms with Crippen molar-refractivity contribution in [3.8, 4) is 11.8 Å². The Kier molecular flexibility index (Phi) is 6.33. The molecule has 0 saturated heterocycles. The summed E-state index contributed by atoms with van der Waals surface area (Å²) < 4.78 is 10.0. The van der Waals surface area contributed by atoms with E-state index in [1.54, 1.807) is 55.5 Å². The van der Waals surface area contributed by atoms with Crippen LogP contribution in [-0.4, -0.2) is 18.5 Å². The van der Waals surface area contributed by atoms with Crippen LogP contribution in [0.2, 0.25) is 5.02 Å². The van der Waals surface area contributed by atoms with Gasteiger partial charge in [0.2, 0.25) is 0 Å². The number of halogens is 1. The molecule has 0 aliphatic heterocycles. The second-order valence-corrected chi connectivity index (χ2v) is 5.30. The summed E-state index contributed by atoms with van der Waals surface area (Å²) in [5.41, 5.74) is 0.836. The van der Waals surface area contributed by atoms with Crippen molar-refractivity contribution in [1.29, 1.82) is 5.26 Å². The van der Waals surface area contributed by atoms with Gasteiger partial charge in [0.15, 0.2) is 0 Å². The van der Waals surface area contributed by atoms with Gasteiger partial charge in [-0.2, -0.15) is 5.26 Å². The van der Waals surface area contributed by atoms with Gasteiger partial charge < -0.3 is 9.47 Å². The molecule has 2 aromatic carbocycles. The highest BCUT2D eigenvalue weighted by atomic mass is 35.5. The molecule has 0 aromatic heterocycles. The fraction of sp³-hybridized carbons (Fsp3) is 0.105. The SMILES string of the molecule is CCOC(=O)/C(C#N)=C/c1ccc(OC(=O)c2cccc(Cl)c2)cc1. The average molecular weight is 356 g/mol. The maximum atomic E-state index is 12.0. The Labute approximate surface area is 150 Å². The summed E-state index contributed by atoms with van der Waals surface area (Å²) in [7, 11) is 0. The van der Waals surface area contributed by atoms with Gasteiger partial charge in [0.1, 0.15) is 17.4 Å². The van der Waals surface area contributed by atoms with E-state index < -0.39 is 11.9 Å². The molecule has 0 bridgehead atoms. The van der Waals surface area contributed by atoms with E-state index in [9.17, 15) is 9.59 Å². The van der Waals surface area contributed by atoms with Gasteiger partial charge in [-0.1, -0.05) is 29.8 Å². The zero-order chi connectivity index (χ0) is 18.2. The van der Waals surface area contributed by atoms with Crippen LogP contribution < -0.4 is 4.74 Å². The first-order valence-electron chi connectivity index (χ1n) is 7.40. The van der Waals surface area contributed by atoms with Crippen molar-refractivity contribution >= 4 is 29.6 Å². The van der Waals surface area contributed by atoms with Gasteiger partial charge in [-0.05, 0) is 48.9 Å². The van der Waals surface area contributed by atoms with Crippen molar-refractivity contribution < 1.29 is 19.1 Å². The van der Waals surface area contributed by atoms with Gasteiger partial charge in [0, 0.05) is 5.02 Å². The van der Waals surface area contributed by atoms with E-state index in [1.165, 1.54) is 12.1 Å². The second kappa shape index (κ2) is 8.67. The minimum Gasteiger partial charge on any atom is -0.462 e. The third-order valence-corrected chi connectivity index (χ3v) is 3.31. The number of rotatable bonds is 5. The summed E-state index contributed by atoms with van der Waals surface area (Å²) in [5, 5.41) is 9.45. The van der Waals surface area contributed by atoms with E-state index in [0.717, 1.165) is 0 Å². The molecule has 0 atom stereocenters. The number of benzene rings is 2. The summed E-state index contributed by atoms with van der Waals surface area (Å²) in [6.07, 6.45) is 1.40. The van der Waals surface area contributed by atoms with Crippen LogP contribution in [0.1, 0.15) is 22.8 Å². The fourth-order valence-electron chi connectivity index (χ4n) is 1.93. The quantitative estimate of drug-likeness (QED) is 0.350. The van der Waals surface area contributed by atoms with Crippen molar-refractivity contribution in [1.82, 2.24) is 0 Å². The number of hydrogen-bond donors (Lipinski definition) is 0. The number of carbonyl (C=O) groups is 2. The molecule has 5 nitrogen and oxygen atoms in total. The number of esters is 2. The topological polar surface area (TPSA) is 76.4 Å². The normalized spacial score (nSPS) is 10.7.